The van der Waals surface area contributed by atoms with E-state index < -0.39 is 5.97 Å². The van der Waals surface area contributed by atoms with Crippen LogP contribution in [0.5, 0.6) is 0 Å². The second kappa shape index (κ2) is 9.48. The van der Waals surface area contributed by atoms with Crippen LogP contribution in [0.3, 0.4) is 0 Å². The number of carboxylic acid groups (broad SMARTS) is 1. The van der Waals surface area contributed by atoms with E-state index in [1.54, 1.807) is 24.5 Å². The van der Waals surface area contributed by atoms with Gasteiger partial charge in [0.15, 0.2) is 5.82 Å². The Balaban J connectivity index is 1.56. The van der Waals surface area contributed by atoms with Crippen molar-refractivity contribution in [2.75, 3.05) is 0 Å². The van der Waals surface area contributed by atoms with Gasteiger partial charge < -0.3 is 9.63 Å². The Hall–Kier alpha value is -2.44. The third-order valence-corrected chi connectivity index (χ3v) is 5.35. The topological polar surface area (TPSA) is 98.2 Å². The van der Waals surface area contributed by atoms with Crippen molar-refractivity contribution in [1.29, 1.82) is 0 Å². The van der Waals surface area contributed by atoms with E-state index in [-0.39, 0.29) is 24.7 Å². The molecule has 146 valence electrons. The number of hydrogen-bond donors (Lipinski definition) is 1. The molecule has 7 heteroatoms. The van der Waals surface area contributed by atoms with Gasteiger partial charge in [-0.25, -0.2) is 0 Å². The van der Waals surface area contributed by atoms with Gasteiger partial charge in [0.1, 0.15) is 0 Å². The molecule has 1 atom stereocenters. The highest BCUT2D eigenvalue weighted by molar-refractivity contribution is 5.80. The van der Waals surface area contributed by atoms with Gasteiger partial charge in [-0.15, -0.1) is 0 Å². The molecule has 0 aromatic carbocycles. The van der Waals surface area contributed by atoms with Crippen molar-refractivity contribution in [3.63, 3.8) is 0 Å². The average molecular weight is 373 g/mol. The number of nitrogens with zero attached hydrogens (tertiary/aromatic N) is 3. The minimum Gasteiger partial charge on any atom is -0.481 e. The molecule has 1 fully saturated rings. The van der Waals surface area contributed by atoms with E-state index in [1.807, 2.05) is 0 Å². The molecule has 0 bridgehead atoms. The summed E-state index contributed by atoms with van der Waals surface area (Å²) in [5.41, 5.74) is 0. The molecule has 0 radical (unpaired) electrons. The molecule has 1 N–H and O–H groups in total. The van der Waals surface area contributed by atoms with Gasteiger partial charge in [-0.2, -0.15) is 4.98 Å². The van der Waals surface area contributed by atoms with Gasteiger partial charge in [0.05, 0.1) is 12.8 Å². The van der Waals surface area contributed by atoms with E-state index in [9.17, 15) is 14.7 Å². The van der Waals surface area contributed by atoms with Gasteiger partial charge in [-0.3, -0.25) is 14.2 Å². The lowest BCUT2D eigenvalue weighted by Crippen LogP contribution is -2.12. The fraction of sp³-hybridized carbons (Fsp3) is 0.600. The molecule has 0 aliphatic heterocycles. The van der Waals surface area contributed by atoms with E-state index in [2.05, 4.69) is 10.1 Å². The van der Waals surface area contributed by atoms with Crippen LogP contribution >= 0.6 is 0 Å². The summed E-state index contributed by atoms with van der Waals surface area (Å²) < 4.78 is 6.77. The first-order valence-corrected chi connectivity index (χ1v) is 9.82. The SMILES string of the molecule is O=C(O)C[C@@H](CCCC1CCCCC1)c1nc(CC(=O)n2cccc2)no1. The van der Waals surface area contributed by atoms with Crippen molar-refractivity contribution in [2.45, 2.75) is 70.1 Å². The van der Waals surface area contributed by atoms with Crippen LogP contribution in [0, 0.1) is 5.92 Å². The summed E-state index contributed by atoms with van der Waals surface area (Å²) in [5.74, 6) is 0.0682. The molecule has 27 heavy (non-hydrogen) atoms. The first-order chi connectivity index (χ1) is 13.1. The highest BCUT2D eigenvalue weighted by atomic mass is 16.5. The second-order valence-electron chi connectivity index (χ2n) is 7.44. The van der Waals surface area contributed by atoms with Crippen LogP contribution in [0.1, 0.15) is 80.2 Å². The lowest BCUT2D eigenvalue weighted by molar-refractivity contribution is -0.137. The molecule has 2 aromatic rings. The van der Waals surface area contributed by atoms with Crippen LogP contribution in [0.2, 0.25) is 0 Å². The lowest BCUT2D eigenvalue weighted by Gasteiger charge is -2.21. The molecule has 2 aromatic heterocycles. The third-order valence-electron chi connectivity index (χ3n) is 5.35. The minimum atomic E-state index is -0.874. The summed E-state index contributed by atoms with van der Waals surface area (Å²) in [7, 11) is 0. The van der Waals surface area contributed by atoms with Gasteiger partial charge in [0.25, 0.3) is 0 Å². The lowest BCUT2D eigenvalue weighted by atomic mass is 9.84. The van der Waals surface area contributed by atoms with Crippen molar-refractivity contribution in [3.8, 4) is 0 Å². The zero-order valence-corrected chi connectivity index (χ0v) is 15.5. The van der Waals surface area contributed by atoms with Crippen LogP contribution in [-0.2, 0) is 11.2 Å². The van der Waals surface area contributed by atoms with Crippen LogP contribution < -0.4 is 0 Å². The number of hydrogen-bond acceptors (Lipinski definition) is 5. The average Bonchev–Trinajstić information content (AvgIpc) is 3.33. The smallest absolute Gasteiger partial charge is 0.304 e. The Kier molecular flexibility index (Phi) is 6.79. The third kappa shape index (κ3) is 5.77. The van der Waals surface area contributed by atoms with Gasteiger partial charge in [0, 0.05) is 18.3 Å². The van der Waals surface area contributed by atoms with E-state index >= 15 is 0 Å². The van der Waals surface area contributed by atoms with Crippen molar-refractivity contribution in [1.82, 2.24) is 14.7 Å². The van der Waals surface area contributed by atoms with Gasteiger partial charge in [-0.05, 0) is 24.5 Å². The molecular weight excluding hydrogens is 346 g/mol. The van der Waals surface area contributed by atoms with E-state index in [1.165, 1.54) is 36.7 Å². The summed E-state index contributed by atoms with van der Waals surface area (Å²) >= 11 is 0. The Morgan fingerprint density at radius 1 is 1.22 bits per heavy atom. The van der Waals surface area contributed by atoms with Gasteiger partial charge in [0.2, 0.25) is 11.8 Å². The predicted molar refractivity (Wildman–Crippen MR) is 98.5 cm³/mol. The monoisotopic (exact) mass is 373 g/mol. The molecule has 0 spiro atoms. The quantitative estimate of drug-likeness (QED) is 0.711. The zero-order valence-electron chi connectivity index (χ0n) is 15.5. The molecule has 0 saturated heterocycles. The van der Waals surface area contributed by atoms with Gasteiger partial charge >= 0.3 is 5.97 Å². The molecule has 0 unspecified atom stereocenters. The molecule has 7 nitrogen and oxygen atoms in total. The van der Waals surface area contributed by atoms with Crippen molar-refractivity contribution in [3.05, 3.63) is 36.2 Å². The predicted octanol–water partition coefficient (Wildman–Crippen LogP) is 4.06. The number of carboxylic acids is 1. The van der Waals surface area contributed by atoms with Crippen LogP contribution in [-0.4, -0.2) is 31.7 Å². The summed E-state index contributed by atoms with van der Waals surface area (Å²) in [5, 5.41) is 13.1. The van der Waals surface area contributed by atoms with E-state index in [0.29, 0.717) is 11.7 Å². The Bertz CT molecular complexity index is 732. The molecule has 1 aliphatic carbocycles. The van der Waals surface area contributed by atoms with Gasteiger partial charge in [-0.1, -0.05) is 50.1 Å². The minimum absolute atomic E-state index is 0.0278. The summed E-state index contributed by atoms with van der Waals surface area (Å²) in [4.78, 5) is 27.7. The number of rotatable bonds is 9. The highest BCUT2D eigenvalue weighted by Crippen LogP contribution is 2.31. The molecule has 0 amide bonds. The number of aromatic nitrogens is 3. The first kappa shape index (κ1) is 19.3. The maximum absolute atomic E-state index is 12.1. The number of aliphatic carboxylic acids is 1. The summed E-state index contributed by atoms with van der Waals surface area (Å²) in [6.45, 7) is 0. The normalized spacial score (nSPS) is 16.3. The molecule has 1 saturated carbocycles. The first-order valence-electron chi connectivity index (χ1n) is 9.82. The van der Waals surface area contributed by atoms with Crippen molar-refractivity contribution in [2.24, 2.45) is 5.92 Å². The fourth-order valence-corrected chi connectivity index (χ4v) is 3.88. The maximum Gasteiger partial charge on any atom is 0.304 e. The Morgan fingerprint density at radius 3 is 2.67 bits per heavy atom. The van der Waals surface area contributed by atoms with Crippen molar-refractivity contribution < 1.29 is 19.2 Å². The molecule has 2 heterocycles. The van der Waals surface area contributed by atoms with Crippen LogP contribution in [0.15, 0.2) is 29.0 Å². The summed E-state index contributed by atoms with van der Waals surface area (Å²) in [6.07, 6.45) is 12.7. The largest absolute Gasteiger partial charge is 0.481 e. The zero-order chi connectivity index (χ0) is 19.1. The Morgan fingerprint density at radius 2 is 1.96 bits per heavy atom. The number of carbonyl (C=O) groups excluding carboxylic acids is 1. The number of carbonyl (C=O) groups is 2. The molecular formula is C20H27N3O4. The van der Waals surface area contributed by atoms with E-state index in [0.717, 1.165) is 25.2 Å². The fourth-order valence-electron chi connectivity index (χ4n) is 3.88. The van der Waals surface area contributed by atoms with E-state index in [4.69, 9.17) is 4.52 Å². The Labute approximate surface area is 158 Å². The molecule has 3 rings (SSSR count). The summed E-state index contributed by atoms with van der Waals surface area (Å²) in [6, 6.07) is 3.55. The van der Waals surface area contributed by atoms with Crippen LogP contribution in [0.4, 0.5) is 0 Å². The van der Waals surface area contributed by atoms with Crippen molar-refractivity contribution >= 4 is 11.9 Å². The maximum atomic E-state index is 12.1. The molecule has 1 aliphatic rings. The standard InChI is InChI=1S/C20H27N3O4/c24-18(23-11-4-5-12-23)14-17-21-20(27-22-17)16(13-19(25)26)10-6-9-15-7-2-1-3-8-15/h4-5,11-12,15-16H,1-3,6-10,13-14H2,(H,25,26)/t16-/m1/s1. The second-order valence-corrected chi connectivity index (χ2v) is 7.44. The van der Waals surface area contributed by atoms with Crippen LogP contribution in [0.25, 0.3) is 0 Å². The highest BCUT2D eigenvalue weighted by Gasteiger charge is 2.23.